The second-order valence-corrected chi connectivity index (χ2v) is 4.33. The summed E-state index contributed by atoms with van der Waals surface area (Å²) >= 11 is 0. The molecule has 0 saturated carbocycles. The number of pyridine rings is 2. The molecule has 0 amide bonds. The van der Waals surface area contributed by atoms with E-state index >= 15 is 0 Å². The smallest absolute Gasteiger partial charge is 0.123 e. The Morgan fingerprint density at radius 2 is 1.94 bits per heavy atom. The lowest BCUT2D eigenvalue weighted by Gasteiger charge is -2.09. The molecule has 2 aromatic heterocycles. The van der Waals surface area contributed by atoms with Crippen molar-refractivity contribution in [2.45, 2.75) is 6.92 Å². The highest BCUT2D eigenvalue weighted by Gasteiger charge is 2.06. The maximum absolute atomic E-state index is 5.70. The van der Waals surface area contributed by atoms with Crippen molar-refractivity contribution in [3.8, 4) is 11.1 Å². The van der Waals surface area contributed by atoms with E-state index in [1.165, 1.54) is 10.9 Å². The minimum atomic E-state index is 0.554. The lowest BCUT2D eigenvalue weighted by molar-refractivity contribution is 1.30. The van der Waals surface area contributed by atoms with Gasteiger partial charge >= 0.3 is 0 Å². The van der Waals surface area contributed by atoms with Gasteiger partial charge < -0.3 is 5.73 Å². The fourth-order valence-corrected chi connectivity index (χ4v) is 2.22. The number of aromatic nitrogens is 2. The third-order valence-electron chi connectivity index (χ3n) is 3.10. The van der Waals surface area contributed by atoms with Gasteiger partial charge in [0, 0.05) is 29.5 Å². The van der Waals surface area contributed by atoms with Crippen molar-refractivity contribution in [3.05, 3.63) is 54.5 Å². The van der Waals surface area contributed by atoms with Crippen molar-refractivity contribution in [2.24, 2.45) is 0 Å². The maximum atomic E-state index is 5.70. The largest absolute Gasteiger partial charge is 0.384 e. The Balaban J connectivity index is 2.31. The second kappa shape index (κ2) is 4.11. The number of rotatable bonds is 1. The van der Waals surface area contributed by atoms with Crippen molar-refractivity contribution >= 4 is 16.6 Å². The molecule has 0 atom stereocenters. The van der Waals surface area contributed by atoms with E-state index in [0.717, 1.165) is 16.5 Å². The summed E-state index contributed by atoms with van der Waals surface area (Å²) in [4.78, 5) is 8.33. The zero-order valence-electron chi connectivity index (χ0n) is 10.1. The van der Waals surface area contributed by atoms with Crippen molar-refractivity contribution < 1.29 is 0 Å². The molecule has 0 fully saturated rings. The van der Waals surface area contributed by atoms with E-state index in [1.807, 2.05) is 43.7 Å². The summed E-state index contributed by atoms with van der Waals surface area (Å²) in [5, 5.41) is 2.31. The first-order valence-electron chi connectivity index (χ1n) is 5.81. The van der Waals surface area contributed by atoms with Gasteiger partial charge in [0.25, 0.3) is 0 Å². The highest BCUT2D eigenvalue weighted by Crippen LogP contribution is 2.30. The van der Waals surface area contributed by atoms with Gasteiger partial charge in [0.2, 0.25) is 0 Å². The summed E-state index contributed by atoms with van der Waals surface area (Å²) < 4.78 is 0. The summed E-state index contributed by atoms with van der Waals surface area (Å²) in [6.07, 6.45) is 5.52. The van der Waals surface area contributed by atoms with E-state index in [0.29, 0.717) is 5.82 Å². The molecular formula is C15H13N3. The van der Waals surface area contributed by atoms with Gasteiger partial charge in [-0.25, -0.2) is 4.98 Å². The van der Waals surface area contributed by atoms with Crippen LogP contribution in [0.25, 0.3) is 21.9 Å². The number of nitrogens with two attached hydrogens (primary N) is 1. The Bertz CT molecular complexity index is 715. The molecule has 88 valence electrons. The first-order valence-corrected chi connectivity index (χ1v) is 5.81. The highest BCUT2D eigenvalue weighted by molar-refractivity contribution is 5.96. The number of nitrogen functional groups attached to an aromatic ring is 1. The molecule has 0 bridgehead atoms. The molecule has 0 aliphatic rings. The Hall–Kier alpha value is -2.42. The van der Waals surface area contributed by atoms with Crippen molar-refractivity contribution in [2.75, 3.05) is 5.73 Å². The van der Waals surface area contributed by atoms with E-state index in [9.17, 15) is 0 Å². The summed E-state index contributed by atoms with van der Waals surface area (Å²) in [5.41, 5.74) is 9.11. The fourth-order valence-electron chi connectivity index (χ4n) is 2.22. The van der Waals surface area contributed by atoms with Gasteiger partial charge in [-0.05, 0) is 35.6 Å². The minimum absolute atomic E-state index is 0.554. The van der Waals surface area contributed by atoms with Crippen LogP contribution in [0.15, 0.2) is 48.9 Å². The second-order valence-electron chi connectivity index (χ2n) is 4.33. The molecule has 0 aliphatic heterocycles. The molecule has 0 aliphatic carbocycles. The van der Waals surface area contributed by atoms with Crippen molar-refractivity contribution in [1.29, 1.82) is 0 Å². The SMILES string of the molecule is Cc1cc(N)ncc1-c1cccc2cnccc12. The molecular weight excluding hydrogens is 222 g/mol. The van der Waals surface area contributed by atoms with Crippen LogP contribution in [0.5, 0.6) is 0 Å². The Morgan fingerprint density at radius 3 is 2.78 bits per heavy atom. The van der Waals surface area contributed by atoms with Crippen LogP contribution in [-0.4, -0.2) is 9.97 Å². The van der Waals surface area contributed by atoms with Crippen molar-refractivity contribution in [3.63, 3.8) is 0 Å². The van der Waals surface area contributed by atoms with E-state index in [2.05, 4.69) is 22.1 Å². The Morgan fingerprint density at radius 1 is 1.06 bits per heavy atom. The van der Waals surface area contributed by atoms with Gasteiger partial charge in [0.1, 0.15) is 5.82 Å². The first-order chi connectivity index (χ1) is 8.75. The molecule has 3 aromatic rings. The van der Waals surface area contributed by atoms with Crippen LogP contribution >= 0.6 is 0 Å². The number of nitrogens with zero attached hydrogens (tertiary/aromatic N) is 2. The van der Waals surface area contributed by atoms with Crippen LogP contribution in [0.4, 0.5) is 5.82 Å². The molecule has 0 saturated heterocycles. The van der Waals surface area contributed by atoms with E-state index in [4.69, 9.17) is 5.73 Å². The third kappa shape index (κ3) is 1.70. The van der Waals surface area contributed by atoms with Gasteiger partial charge in [0.15, 0.2) is 0 Å². The predicted molar refractivity (Wildman–Crippen MR) is 74.1 cm³/mol. The highest BCUT2D eigenvalue weighted by atomic mass is 14.8. The number of hydrogen-bond acceptors (Lipinski definition) is 3. The molecule has 3 nitrogen and oxygen atoms in total. The van der Waals surface area contributed by atoms with Crippen LogP contribution < -0.4 is 5.73 Å². The molecule has 0 unspecified atom stereocenters. The standard InChI is InChI=1S/C15H13N3/c1-10-7-15(16)18-9-14(10)13-4-2-3-11-8-17-6-5-12(11)13/h2-9H,1H3,(H2,16,18). The lowest BCUT2D eigenvalue weighted by Crippen LogP contribution is -1.93. The third-order valence-corrected chi connectivity index (χ3v) is 3.10. The molecule has 3 heteroatoms. The van der Waals surface area contributed by atoms with E-state index in [-0.39, 0.29) is 0 Å². The molecule has 0 spiro atoms. The normalized spacial score (nSPS) is 10.7. The van der Waals surface area contributed by atoms with E-state index < -0.39 is 0 Å². The van der Waals surface area contributed by atoms with Crippen LogP contribution in [0.1, 0.15) is 5.56 Å². The number of aryl methyl sites for hydroxylation is 1. The van der Waals surface area contributed by atoms with Crippen LogP contribution in [-0.2, 0) is 0 Å². The van der Waals surface area contributed by atoms with Gasteiger partial charge in [0.05, 0.1) is 0 Å². The minimum Gasteiger partial charge on any atom is -0.384 e. The Kier molecular flexibility index (Phi) is 2.45. The zero-order chi connectivity index (χ0) is 12.5. The van der Waals surface area contributed by atoms with Gasteiger partial charge in [-0.3, -0.25) is 4.98 Å². The van der Waals surface area contributed by atoms with Crippen LogP contribution in [0.2, 0.25) is 0 Å². The maximum Gasteiger partial charge on any atom is 0.123 e. The average Bonchev–Trinajstić information content (AvgIpc) is 2.38. The Labute approximate surface area is 105 Å². The molecule has 3 rings (SSSR count). The number of hydrogen-bond donors (Lipinski definition) is 1. The van der Waals surface area contributed by atoms with Gasteiger partial charge in [-0.2, -0.15) is 0 Å². The molecule has 1 aromatic carbocycles. The average molecular weight is 235 g/mol. The quantitative estimate of drug-likeness (QED) is 0.704. The summed E-state index contributed by atoms with van der Waals surface area (Å²) in [5.74, 6) is 0.554. The topological polar surface area (TPSA) is 51.8 Å². The molecule has 18 heavy (non-hydrogen) atoms. The van der Waals surface area contributed by atoms with Gasteiger partial charge in [-0.1, -0.05) is 18.2 Å². The van der Waals surface area contributed by atoms with Gasteiger partial charge in [-0.15, -0.1) is 0 Å². The van der Waals surface area contributed by atoms with Crippen molar-refractivity contribution in [1.82, 2.24) is 9.97 Å². The summed E-state index contributed by atoms with van der Waals surface area (Å²) in [7, 11) is 0. The number of benzene rings is 1. The molecule has 2 heterocycles. The zero-order valence-corrected chi connectivity index (χ0v) is 10.1. The van der Waals surface area contributed by atoms with E-state index in [1.54, 1.807) is 0 Å². The predicted octanol–water partition coefficient (Wildman–Crippen LogP) is 3.19. The first kappa shape index (κ1) is 10.7. The summed E-state index contributed by atoms with van der Waals surface area (Å²) in [6.45, 7) is 2.05. The molecule has 0 radical (unpaired) electrons. The number of fused-ring (bicyclic) bond motifs is 1. The molecule has 2 N–H and O–H groups in total. The summed E-state index contributed by atoms with van der Waals surface area (Å²) in [6, 6.07) is 10.1. The number of anilines is 1. The fraction of sp³-hybridized carbons (Fsp3) is 0.0667. The monoisotopic (exact) mass is 235 g/mol. The van der Waals surface area contributed by atoms with Crippen LogP contribution in [0.3, 0.4) is 0 Å². The lowest BCUT2D eigenvalue weighted by atomic mass is 9.98. The van der Waals surface area contributed by atoms with Crippen LogP contribution in [0, 0.1) is 6.92 Å².